The van der Waals surface area contributed by atoms with E-state index in [9.17, 15) is 14.3 Å². The first kappa shape index (κ1) is 33.5. The molecule has 6 heterocycles. The smallest absolute Gasteiger partial charge is 0.319 e. The number of anilines is 1. The summed E-state index contributed by atoms with van der Waals surface area (Å²) in [5.74, 6) is 1.32. The number of aromatic nitrogens is 3. The summed E-state index contributed by atoms with van der Waals surface area (Å²) in [6.07, 6.45) is 11.0. The zero-order chi connectivity index (χ0) is 35.4. The number of halogens is 2. The van der Waals surface area contributed by atoms with Crippen molar-refractivity contribution >= 4 is 33.4 Å². The van der Waals surface area contributed by atoms with Crippen molar-refractivity contribution in [3.05, 3.63) is 47.7 Å². The first-order valence-electron chi connectivity index (χ1n) is 17.7. The van der Waals surface area contributed by atoms with E-state index in [0.29, 0.717) is 55.9 Å². The lowest BCUT2D eigenvalue weighted by atomic mass is 9.94. The molecule has 4 aliphatic heterocycles. The molecule has 3 fully saturated rings. The molecule has 4 aliphatic rings. The number of rotatable bonds is 2. The number of hydrogen-bond acceptors (Lipinski definition) is 10. The lowest BCUT2D eigenvalue weighted by Crippen LogP contribution is -2.60. The Balaban J connectivity index is 1.29. The van der Waals surface area contributed by atoms with Gasteiger partial charge in [-0.05, 0) is 55.8 Å². The van der Waals surface area contributed by atoms with Crippen LogP contribution < -0.4 is 15.0 Å². The van der Waals surface area contributed by atoms with Crippen molar-refractivity contribution in [3.63, 3.8) is 0 Å². The van der Waals surface area contributed by atoms with Crippen LogP contribution in [0.2, 0.25) is 0 Å². The topological polar surface area (TPSA) is 116 Å². The van der Waals surface area contributed by atoms with Gasteiger partial charge < -0.3 is 29.7 Å². The maximum absolute atomic E-state index is 17.1. The van der Waals surface area contributed by atoms with Crippen LogP contribution in [0.4, 0.5) is 14.6 Å². The zero-order valence-electron chi connectivity index (χ0n) is 28.8. The van der Waals surface area contributed by atoms with Gasteiger partial charge in [-0.2, -0.15) is 9.97 Å². The molecule has 1 unspecified atom stereocenters. The number of terminal acetylenes is 1. The number of piperazine rings is 1. The largest absolute Gasteiger partial charge is 0.508 e. The molecule has 11 nitrogen and oxygen atoms in total. The number of phenols is 1. The molecule has 8 rings (SSSR count). The number of amides is 1. The highest BCUT2D eigenvalue weighted by Gasteiger charge is 2.49. The van der Waals surface area contributed by atoms with Gasteiger partial charge in [0.2, 0.25) is 5.91 Å². The Labute approximate surface area is 294 Å². The molecule has 2 aromatic carbocycles. The van der Waals surface area contributed by atoms with Crippen LogP contribution in [0, 0.1) is 24.0 Å². The predicted octanol–water partition coefficient (Wildman–Crippen LogP) is 4.23. The normalized spacial score (nSPS) is 25.9. The molecule has 1 amide bonds. The van der Waals surface area contributed by atoms with Crippen molar-refractivity contribution in [2.45, 2.75) is 62.8 Å². The van der Waals surface area contributed by atoms with Gasteiger partial charge in [-0.1, -0.05) is 18.9 Å². The number of fused-ring (bicyclic) bond motifs is 9. The van der Waals surface area contributed by atoms with Crippen molar-refractivity contribution in [3.8, 4) is 35.4 Å². The summed E-state index contributed by atoms with van der Waals surface area (Å²) < 4.78 is 44.7. The van der Waals surface area contributed by atoms with E-state index in [1.54, 1.807) is 4.90 Å². The standard InChI is InChI=1S/C38H41F2N7O4/c1-4-23-18-46-19-24(42-23)17-45(3)31(49)9-12-50-26-15-38(10-6-11-47(38)20-26)21-51-37-43-35-29(36(46)44-37)16-41-34(33(35)40)28-14-25(48)13-22-7-8-30(39)27(5-2)32(22)28/h2,7-8,13-14,16,23-24,26,42,48H,4,6,9-12,15,17-21H2,1,3H3/t23-,24?,26-,38-/m0/s1. The molecular formula is C38H41F2N7O4. The number of phenolic OH excluding ortho intramolecular Hbond substituents is 1. The maximum atomic E-state index is 17.1. The number of nitrogens with zero attached hydrogens (tertiary/aromatic N) is 6. The van der Waals surface area contributed by atoms with Gasteiger partial charge in [0.1, 0.15) is 35.2 Å². The SMILES string of the molecule is C#Cc1c(F)ccc2cc(O)cc(-c3ncc4c5nc(nc4c3F)OC[C@@]34CCCN3C[C@H](C4)OCCC(=O)N(C)CC3CN5C[C@H](CC)N3)c12. The summed E-state index contributed by atoms with van der Waals surface area (Å²) in [5, 5.41) is 15.4. The molecule has 0 aliphatic carbocycles. The van der Waals surface area contributed by atoms with E-state index < -0.39 is 11.6 Å². The number of nitrogens with one attached hydrogen (secondary N) is 1. The van der Waals surface area contributed by atoms with E-state index in [2.05, 4.69) is 37.9 Å². The number of ether oxygens (including phenoxy) is 2. The average molecular weight is 698 g/mol. The van der Waals surface area contributed by atoms with Crippen LogP contribution in [0.5, 0.6) is 11.8 Å². The lowest BCUT2D eigenvalue weighted by molar-refractivity contribution is -0.131. The van der Waals surface area contributed by atoms with Crippen LogP contribution in [-0.4, -0.2) is 112 Å². The summed E-state index contributed by atoms with van der Waals surface area (Å²) in [6, 6.07) is 5.51. The van der Waals surface area contributed by atoms with Crippen LogP contribution in [-0.2, 0) is 9.53 Å². The minimum atomic E-state index is -0.773. The highest BCUT2D eigenvalue weighted by atomic mass is 19.1. The van der Waals surface area contributed by atoms with Gasteiger partial charge in [0.15, 0.2) is 5.82 Å². The minimum absolute atomic E-state index is 0.0168. The second kappa shape index (κ2) is 13.2. The van der Waals surface area contributed by atoms with Crippen molar-refractivity contribution < 1.29 is 28.2 Å². The molecular weight excluding hydrogens is 656 g/mol. The second-order valence-electron chi connectivity index (χ2n) is 14.3. The maximum Gasteiger partial charge on any atom is 0.319 e. The quantitative estimate of drug-likeness (QED) is 0.295. The number of aromatic hydroxyl groups is 1. The van der Waals surface area contributed by atoms with Gasteiger partial charge >= 0.3 is 6.01 Å². The Kier molecular flexibility index (Phi) is 8.64. The van der Waals surface area contributed by atoms with Gasteiger partial charge in [-0.15, -0.1) is 6.42 Å². The van der Waals surface area contributed by atoms with Gasteiger partial charge in [-0.3, -0.25) is 14.7 Å². The Morgan fingerprint density at radius 2 is 2.04 bits per heavy atom. The Morgan fingerprint density at radius 3 is 2.86 bits per heavy atom. The molecule has 3 saturated heterocycles. The Bertz CT molecular complexity index is 2070. The van der Waals surface area contributed by atoms with E-state index in [1.165, 1.54) is 30.5 Å². The van der Waals surface area contributed by atoms with E-state index in [-0.39, 0.29) is 69.1 Å². The van der Waals surface area contributed by atoms with E-state index in [4.69, 9.17) is 20.9 Å². The van der Waals surface area contributed by atoms with E-state index >= 15 is 4.39 Å². The summed E-state index contributed by atoms with van der Waals surface area (Å²) in [6.45, 7) is 5.93. The number of carbonyl (C=O) groups excluding carboxylic acids is 1. The molecule has 0 saturated carbocycles. The summed E-state index contributed by atoms with van der Waals surface area (Å²) in [5.41, 5.74) is -0.356. The molecule has 4 atom stereocenters. The predicted molar refractivity (Wildman–Crippen MR) is 189 cm³/mol. The highest BCUT2D eigenvalue weighted by Crippen LogP contribution is 2.42. The Morgan fingerprint density at radius 1 is 1.18 bits per heavy atom. The second-order valence-corrected chi connectivity index (χ2v) is 14.3. The molecule has 51 heavy (non-hydrogen) atoms. The third-order valence-corrected chi connectivity index (χ3v) is 11.1. The number of carbonyl (C=O) groups is 1. The molecule has 266 valence electrons. The minimum Gasteiger partial charge on any atom is -0.508 e. The first-order valence-corrected chi connectivity index (χ1v) is 17.7. The van der Waals surface area contributed by atoms with Crippen molar-refractivity contribution in [2.75, 3.05) is 57.9 Å². The molecule has 1 spiro atoms. The van der Waals surface area contributed by atoms with Gasteiger partial charge in [-0.25, -0.2) is 8.78 Å². The third kappa shape index (κ3) is 5.99. The molecule has 2 N–H and O–H groups in total. The summed E-state index contributed by atoms with van der Waals surface area (Å²) in [7, 11) is 1.81. The average Bonchev–Trinajstić information content (AvgIpc) is 3.67. The zero-order valence-corrected chi connectivity index (χ0v) is 28.8. The van der Waals surface area contributed by atoms with Gasteiger partial charge in [0.25, 0.3) is 0 Å². The van der Waals surface area contributed by atoms with Crippen LogP contribution in [0.1, 0.15) is 44.6 Å². The summed E-state index contributed by atoms with van der Waals surface area (Å²) in [4.78, 5) is 33.6. The van der Waals surface area contributed by atoms with Gasteiger partial charge in [0, 0.05) is 62.5 Å². The third-order valence-electron chi connectivity index (χ3n) is 11.1. The fraction of sp³-hybridized carbons (Fsp3) is 0.474. The molecule has 13 heteroatoms. The highest BCUT2D eigenvalue weighted by molar-refractivity contribution is 6.03. The fourth-order valence-corrected chi connectivity index (χ4v) is 8.56. The van der Waals surface area contributed by atoms with Crippen LogP contribution >= 0.6 is 0 Å². The van der Waals surface area contributed by atoms with Crippen LogP contribution in [0.3, 0.4) is 0 Å². The van der Waals surface area contributed by atoms with E-state index in [0.717, 1.165) is 38.8 Å². The first-order chi connectivity index (χ1) is 24.7. The van der Waals surface area contributed by atoms with Crippen LogP contribution in [0.15, 0.2) is 30.5 Å². The molecule has 6 bridgehead atoms. The number of pyridine rings is 1. The number of hydrogen-bond donors (Lipinski definition) is 2. The fourth-order valence-electron chi connectivity index (χ4n) is 8.56. The molecule has 2 aromatic heterocycles. The number of benzene rings is 2. The van der Waals surface area contributed by atoms with Crippen molar-refractivity contribution in [2.24, 2.45) is 0 Å². The van der Waals surface area contributed by atoms with Crippen molar-refractivity contribution in [1.29, 1.82) is 0 Å². The monoisotopic (exact) mass is 697 g/mol. The van der Waals surface area contributed by atoms with Crippen molar-refractivity contribution in [1.82, 2.24) is 30.1 Å². The Hall–Kier alpha value is -4.64. The molecule has 0 radical (unpaired) electrons. The van der Waals surface area contributed by atoms with Gasteiger partial charge in [0.05, 0.1) is 35.6 Å². The van der Waals surface area contributed by atoms with E-state index in [1.807, 2.05) is 7.05 Å². The lowest BCUT2D eigenvalue weighted by Gasteiger charge is -2.41. The van der Waals surface area contributed by atoms with Crippen LogP contribution in [0.25, 0.3) is 32.9 Å². The molecule has 4 aromatic rings. The summed E-state index contributed by atoms with van der Waals surface area (Å²) >= 11 is 0. The number of likely N-dealkylation sites (N-methyl/N-ethyl adjacent to an activating group) is 1.